The van der Waals surface area contributed by atoms with Gasteiger partial charge in [-0.05, 0) is 51.8 Å². The summed E-state index contributed by atoms with van der Waals surface area (Å²) in [6, 6.07) is 6.56. The fourth-order valence-electron chi connectivity index (χ4n) is 2.56. The Labute approximate surface area is 109 Å². The van der Waals surface area contributed by atoms with E-state index >= 15 is 0 Å². The number of piperidine rings is 1. The van der Waals surface area contributed by atoms with E-state index in [9.17, 15) is 4.79 Å². The third-order valence-electron chi connectivity index (χ3n) is 3.70. The van der Waals surface area contributed by atoms with E-state index in [2.05, 4.69) is 23.6 Å². The van der Waals surface area contributed by atoms with Crippen molar-refractivity contribution in [1.82, 2.24) is 10.6 Å². The second-order valence-corrected chi connectivity index (χ2v) is 5.28. The molecule has 0 bridgehead atoms. The van der Waals surface area contributed by atoms with Gasteiger partial charge in [0.05, 0.1) is 0 Å². The molecule has 1 aromatic carbocycles. The number of carbonyl (C=O) groups excluding carboxylic acids is 1. The maximum Gasteiger partial charge on any atom is 0.251 e. The molecule has 0 aliphatic carbocycles. The SMILES string of the molecule is Cc1ccc(C(=O)NC2CCCNC2C)c(C)c1. The molecule has 2 unspecified atom stereocenters. The summed E-state index contributed by atoms with van der Waals surface area (Å²) < 4.78 is 0. The van der Waals surface area contributed by atoms with E-state index in [0.717, 1.165) is 30.5 Å². The highest BCUT2D eigenvalue weighted by Crippen LogP contribution is 2.13. The second kappa shape index (κ2) is 5.53. The monoisotopic (exact) mass is 246 g/mol. The first-order valence-corrected chi connectivity index (χ1v) is 6.69. The number of nitrogens with one attached hydrogen (secondary N) is 2. The lowest BCUT2D eigenvalue weighted by Crippen LogP contribution is -2.52. The van der Waals surface area contributed by atoms with Crippen molar-refractivity contribution in [2.75, 3.05) is 6.54 Å². The van der Waals surface area contributed by atoms with E-state index in [1.165, 1.54) is 5.56 Å². The Hall–Kier alpha value is -1.35. The van der Waals surface area contributed by atoms with E-state index < -0.39 is 0 Å². The molecular weight excluding hydrogens is 224 g/mol. The topological polar surface area (TPSA) is 41.1 Å². The van der Waals surface area contributed by atoms with Crippen molar-refractivity contribution in [3.8, 4) is 0 Å². The fraction of sp³-hybridized carbons (Fsp3) is 0.533. The molecule has 18 heavy (non-hydrogen) atoms. The molecule has 2 rings (SSSR count). The molecule has 0 saturated carbocycles. The smallest absolute Gasteiger partial charge is 0.251 e. The largest absolute Gasteiger partial charge is 0.348 e. The van der Waals surface area contributed by atoms with Crippen LogP contribution >= 0.6 is 0 Å². The van der Waals surface area contributed by atoms with Gasteiger partial charge in [-0.3, -0.25) is 4.79 Å². The summed E-state index contributed by atoms with van der Waals surface area (Å²) in [7, 11) is 0. The maximum absolute atomic E-state index is 12.3. The van der Waals surface area contributed by atoms with Gasteiger partial charge in [-0.1, -0.05) is 17.7 Å². The zero-order chi connectivity index (χ0) is 13.1. The highest BCUT2D eigenvalue weighted by molar-refractivity contribution is 5.95. The van der Waals surface area contributed by atoms with E-state index in [1.807, 2.05) is 26.0 Å². The molecule has 1 heterocycles. The molecule has 2 atom stereocenters. The number of amides is 1. The van der Waals surface area contributed by atoms with Crippen LogP contribution < -0.4 is 10.6 Å². The molecule has 0 spiro atoms. The van der Waals surface area contributed by atoms with Crippen molar-refractivity contribution < 1.29 is 4.79 Å². The lowest BCUT2D eigenvalue weighted by Gasteiger charge is -2.30. The summed E-state index contributed by atoms with van der Waals surface area (Å²) in [5.41, 5.74) is 3.03. The lowest BCUT2D eigenvalue weighted by molar-refractivity contribution is 0.0919. The number of hydrogen-bond acceptors (Lipinski definition) is 2. The van der Waals surface area contributed by atoms with Crippen molar-refractivity contribution in [3.63, 3.8) is 0 Å². The van der Waals surface area contributed by atoms with E-state index in [-0.39, 0.29) is 11.9 Å². The Morgan fingerprint density at radius 1 is 1.39 bits per heavy atom. The molecule has 0 aromatic heterocycles. The molecule has 1 aromatic rings. The molecular formula is C15H22N2O. The van der Waals surface area contributed by atoms with Crippen molar-refractivity contribution in [3.05, 3.63) is 34.9 Å². The van der Waals surface area contributed by atoms with Gasteiger partial charge in [-0.15, -0.1) is 0 Å². The third-order valence-corrected chi connectivity index (χ3v) is 3.70. The van der Waals surface area contributed by atoms with Crippen LogP contribution in [-0.2, 0) is 0 Å². The van der Waals surface area contributed by atoms with Crippen LogP contribution in [0.3, 0.4) is 0 Å². The molecule has 1 amide bonds. The second-order valence-electron chi connectivity index (χ2n) is 5.28. The Kier molecular flexibility index (Phi) is 4.02. The summed E-state index contributed by atoms with van der Waals surface area (Å²) >= 11 is 0. The number of aryl methyl sites for hydroxylation is 2. The van der Waals surface area contributed by atoms with Crippen molar-refractivity contribution in [2.45, 2.75) is 45.7 Å². The zero-order valence-corrected chi connectivity index (χ0v) is 11.4. The van der Waals surface area contributed by atoms with Gasteiger partial charge in [-0.2, -0.15) is 0 Å². The number of hydrogen-bond donors (Lipinski definition) is 2. The van der Waals surface area contributed by atoms with Crippen molar-refractivity contribution in [2.24, 2.45) is 0 Å². The maximum atomic E-state index is 12.3. The van der Waals surface area contributed by atoms with E-state index in [4.69, 9.17) is 0 Å². The van der Waals surface area contributed by atoms with Gasteiger partial charge in [0, 0.05) is 17.6 Å². The van der Waals surface area contributed by atoms with Crippen LogP contribution in [0.4, 0.5) is 0 Å². The number of rotatable bonds is 2. The molecule has 1 aliphatic rings. The van der Waals surface area contributed by atoms with Gasteiger partial charge in [0.15, 0.2) is 0 Å². The molecule has 1 saturated heterocycles. The summed E-state index contributed by atoms with van der Waals surface area (Å²) in [4.78, 5) is 12.3. The van der Waals surface area contributed by atoms with Gasteiger partial charge in [0.2, 0.25) is 0 Å². The zero-order valence-electron chi connectivity index (χ0n) is 11.4. The Balaban J connectivity index is 2.07. The molecule has 1 aliphatic heterocycles. The minimum atomic E-state index is 0.0491. The molecule has 3 nitrogen and oxygen atoms in total. The van der Waals surface area contributed by atoms with Gasteiger partial charge < -0.3 is 10.6 Å². The highest BCUT2D eigenvalue weighted by atomic mass is 16.1. The van der Waals surface area contributed by atoms with Gasteiger partial charge in [0.1, 0.15) is 0 Å². The summed E-state index contributed by atoms with van der Waals surface area (Å²) in [5, 5.41) is 6.54. The molecule has 2 N–H and O–H groups in total. The molecule has 0 radical (unpaired) electrons. The summed E-state index contributed by atoms with van der Waals surface area (Å²) in [5.74, 6) is 0.0491. The Morgan fingerprint density at radius 3 is 2.83 bits per heavy atom. The predicted octanol–water partition coefficient (Wildman–Crippen LogP) is 2.17. The van der Waals surface area contributed by atoms with Crippen LogP contribution in [0.5, 0.6) is 0 Å². The average molecular weight is 246 g/mol. The summed E-state index contributed by atoms with van der Waals surface area (Å²) in [6.45, 7) is 7.22. The van der Waals surface area contributed by atoms with Gasteiger partial charge in [0.25, 0.3) is 5.91 Å². The van der Waals surface area contributed by atoms with Crippen LogP contribution in [0, 0.1) is 13.8 Å². The highest BCUT2D eigenvalue weighted by Gasteiger charge is 2.23. The van der Waals surface area contributed by atoms with Crippen LogP contribution in [0.25, 0.3) is 0 Å². The first-order chi connectivity index (χ1) is 8.58. The van der Waals surface area contributed by atoms with E-state index in [1.54, 1.807) is 0 Å². The van der Waals surface area contributed by atoms with E-state index in [0.29, 0.717) is 6.04 Å². The minimum absolute atomic E-state index is 0.0491. The van der Waals surface area contributed by atoms with Gasteiger partial charge in [-0.25, -0.2) is 0 Å². The quantitative estimate of drug-likeness (QED) is 0.839. The summed E-state index contributed by atoms with van der Waals surface area (Å²) in [6.07, 6.45) is 2.19. The van der Waals surface area contributed by atoms with Crippen LogP contribution in [-0.4, -0.2) is 24.5 Å². The van der Waals surface area contributed by atoms with Crippen molar-refractivity contribution in [1.29, 1.82) is 0 Å². The molecule has 98 valence electrons. The predicted molar refractivity (Wildman–Crippen MR) is 73.9 cm³/mol. The Morgan fingerprint density at radius 2 is 2.17 bits per heavy atom. The van der Waals surface area contributed by atoms with Crippen LogP contribution in [0.1, 0.15) is 41.3 Å². The van der Waals surface area contributed by atoms with Gasteiger partial charge >= 0.3 is 0 Å². The average Bonchev–Trinajstić information content (AvgIpc) is 2.32. The number of carbonyl (C=O) groups is 1. The fourth-order valence-corrected chi connectivity index (χ4v) is 2.56. The minimum Gasteiger partial charge on any atom is -0.348 e. The van der Waals surface area contributed by atoms with Crippen molar-refractivity contribution >= 4 is 5.91 Å². The molecule has 1 fully saturated rings. The normalized spacial score (nSPS) is 23.7. The first kappa shape index (κ1) is 13.1. The van der Waals surface area contributed by atoms with Crippen LogP contribution in [0.2, 0.25) is 0 Å². The third kappa shape index (κ3) is 2.91. The number of benzene rings is 1. The van der Waals surface area contributed by atoms with Crippen LogP contribution in [0.15, 0.2) is 18.2 Å². The standard InChI is InChI=1S/C15H22N2O/c1-10-6-7-13(11(2)9-10)15(18)17-14-5-4-8-16-12(14)3/h6-7,9,12,14,16H,4-5,8H2,1-3H3,(H,17,18). The Bertz CT molecular complexity index is 442. The molecule has 3 heteroatoms. The first-order valence-electron chi connectivity index (χ1n) is 6.69. The lowest BCUT2D eigenvalue weighted by atomic mass is 9.98.